The van der Waals surface area contributed by atoms with Gasteiger partial charge < -0.3 is 4.74 Å². The van der Waals surface area contributed by atoms with Gasteiger partial charge in [-0.25, -0.2) is 4.98 Å². The smallest absolute Gasteiger partial charge is 0.307 e. The lowest BCUT2D eigenvalue weighted by Gasteiger charge is -2.03. The standard InChI is InChI=1S/C17H16N2O2S2/c18-9-12-1-5-14(6-2-12)22-8-7-17(20)21-10-16-19-15(11-23-16)13-3-4-13/h1-2,5-6,11,13H,3-4,7-8,10H2. The molecule has 3 rings (SSSR count). The monoisotopic (exact) mass is 344 g/mol. The Bertz CT molecular complexity index is 715. The SMILES string of the molecule is N#Cc1ccc(SCCC(=O)OCc2nc(C3CC3)cs2)cc1. The Balaban J connectivity index is 1.36. The highest BCUT2D eigenvalue weighted by Crippen LogP contribution is 2.40. The summed E-state index contributed by atoms with van der Waals surface area (Å²) >= 11 is 3.15. The molecule has 0 bridgehead atoms. The molecule has 2 aromatic rings. The number of carbonyl (C=O) groups is 1. The molecule has 1 saturated carbocycles. The van der Waals surface area contributed by atoms with Crippen molar-refractivity contribution in [2.45, 2.75) is 36.7 Å². The molecule has 1 heterocycles. The number of rotatable bonds is 7. The van der Waals surface area contributed by atoms with E-state index in [4.69, 9.17) is 10.00 Å². The van der Waals surface area contributed by atoms with Crippen LogP contribution in [0, 0.1) is 11.3 Å². The maximum Gasteiger partial charge on any atom is 0.307 e. The molecule has 0 amide bonds. The molecule has 1 aliphatic carbocycles. The quantitative estimate of drug-likeness (QED) is 0.558. The van der Waals surface area contributed by atoms with Crippen LogP contribution in [0.2, 0.25) is 0 Å². The fraction of sp³-hybridized carbons (Fsp3) is 0.353. The Morgan fingerprint density at radius 3 is 2.87 bits per heavy atom. The predicted molar refractivity (Wildman–Crippen MR) is 90.4 cm³/mol. The van der Waals surface area contributed by atoms with Crippen LogP contribution < -0.4 is 0 Å². The van der Waals surface area contributed by atoms with Crippen molar-refractivity contribution in [3.05, 3.63) is 45.9 Å². The molecule has 118 valence electrons. The molecule has 0 atom stereocenters. The van der Waals surface area contributed by atoms with E-state index in [0.717, 1.165) is 15.6 Å². The summed E-state index contributed by atoms with van der Waals surface area (Å²) in [5.74, 6) is 1.10. The summed E-state index contributed by atoms with van der Waals surface area (Å²) in [7, 11) is 0. The van der Waals surface area contributed by atoms with Gasteiger partial charge in [-0.2, -0.15) is 5.26 Å². The van der Waals surface area contributed by atoms with Crippen LogP contribution in [0.25, 0.3) is 0 Å². The summed E-state index contributed by atoms with van der Waals surface area (Å²) in [6.07, 6.45) is 2.83. The van der Waals surface area contributed by atoms with E-state index in [9.17, 15) is 4.79 Å². The van der Waals surface area contributed by atoms with Crippen LogP contribution in [0.3, 0.4) is 0 Å². The molecule has 0 radical (unpaired) electrons. The molecule has 23 heavy (non-hydrogen) atoms. The van der Waals surface area contributed by atoms with Crippen molar-refractivity contribution in [2.75, 3.05) is 5.75 Å². The number of hydrogen-bond acceptors (Lipinski definition) is 6. The second-order valence-corrected chi connectivity index (χ2v) is 7.45. The summed E-state index contributed by atoms with van der Waals surface area (Å²) in [6.45, 7) is 0.276. The van der Waals surface area contributed by atoms with Gasteiger partial charge in [-0.05, 0) is 37.1 Å². The number of hydrogen-bond donors (Lipinski definition) is 0. The zero-order valence-corrected chi connectivity index (χ0v) is 14.2. The number of benzene rings is 1. The number of aromatic nitrogens is 1. The Kier molecular flexibility index (Phi) is 5.31. The third-order valence-corrected chi connectivity index (χ3v) is 5.33. The van der Waals surface area contributed by atoms with E-state index in [1.54, 1.807) is 35.2 Å². The van der Waals surface area contributed by atoms with E-state index < -0.39 is 0 Å². The molecule has 1 aromatic heterocycles. The van der Waals surface area contributed by atoms with Gasteiger partial charge in [0.25, 0.3) is 0 Å². The zero-order chi connectivity index (χ0) is 16.1. The summed E-state index contributed by atoms with van der Waals surface area (Å²) in [6, 6.07) is 9.43. The van der Waals surface area contributed by atoms with Gasteiger partial charge in [-0.1, -0.05) is 0 Å². The van der Waals surface area contributed by atoms with Gasteiger partial charge in [0.2, 0.25) is 0 Å². The number of esters is 1. The lowest BCUT2D eigenvalue weighted by Crippen LogP contribution is -2.05. The first kappa shape index (κ1) is 16.0. The van der Waals surface area contributed by atoms with Gasteiger partial charge in [0.1, 0.15) is 11.6 Å². The highest BCUT2D eigenvalue weighted by Gasteiger charge is 2.26. The third kappa shape index (κ3) is 4.81. The molecule has 0 N–H and O–H groups in total. The van der Waals surface area contributed by atoms with Crippen LogP contribution in [-0.4, -0.2) is 16.7 Å². The van der Waals surface area contributed by atoms with Gasteiger partial charge in [-0.15, -0.1) is 23.1 Å². The highest BCUT2D eigenvalue weighted by molar-refractivity contribution is 7.99. The van der Waals surface area contributed by atoms with E-state index in [1.807, 2.05) is 12.1 Å². The number of carbonyl (C=O) groups excluding carboxylic acids is 1. The largest absolute Gasteiger partial charge is 0.458 e. The lowest BCUT2D eigenvalue weighted by atomic mass is 10.2. The van der Waals surface area contributed by atoms with Crippen molar-refractivity contribution in [1.82, 2.24) is 4.98 Å². The van der Waals surface area contributed by atoms with Gasteiger partial charge in [-0.3, -0.25) is 4.79 Å². The van der Waals surface area contributed by atoms with Crippen LogP contribution in [-0.2, 0) is 16.1 Å². The van der Waals surface area contributed by atoms with E-state index in [-0.39, 0.29) is 12.6 Å². The molecule has 4 nitrogen and oxygen atoms in total. The van der Waals surface area contributed by atoms with Gasteiger partial charge >= 0.3 is 5.97 Å². The maximum atomic E-state index is 11.8. The molecule has 0 unspecified atom stereocenters. The summed E-state index contributed by atoms with van der Waals surface area (Å²) in [5.41, 5.74) is 1.79. The van der Waals surface area contributed by atoms with Crippen LogP contribution >= 0.6 is 23.1 Å². The first-order valence-corrected chi connectivity index (χ1v) is 9.34. The third-order valence-electron chi connectivity index (χ3n) is 3.48. The first-order valence-electron chi connectivity index (χ1n) is 7.47. The van der Waals surface area contributed by atoms with Crippen molar-refractivity contribution in [2.24, 2.45) is 0 Å². The van der Waals surface area contributed by atoms with Crippen molar-refractivity contribution in [1.29, 1.82) is 5.26 Å². The predicted octanol–water partition coefficient (Wildman–Crippen LogP) is 4.12. The molecule has 0 saturated heterocycles. The Hall–Kier alpha value is -1.84. The molecule has 1 aliphatic rings. The van der Waals surface area contributed by atoms with Crippen molar-refractivity contribution in [3.63, 3.8) is 0 Å². The van der Waals surface area contributed by atoms with E-state index in [2.05, 4.69) is 16.4 Å². The Morgan fingerprint density at radius 1 is 1.39 bits per heavy atom. The van der Waals surface area contributed by atoms with E-state index in [1.165, 1.54) is 12.8 Å². The number of ether oxygens (including phenoxy) is 1. The van der Waals surface area contributed by atoms with Gasteiger partial charge in [0.15, 0.2) is 0 Å². The lowest BCUT2D eigenvalue weighted by molar-refractivity contribution is -0.144. The molecule has 6 heteroatoms. The van der Waals surface area contributed by atoms with Crippen LogP contribution in [0.4, 0.5) is 0 Å². The Morgan fingerprint density at radius 2 is 2.17 bits per heavy atom. The average Bonchev–Trinajstić information content (AvgIpc) is 3.32. The fourth-order valence-corrected chi connectivity index (χ4v) is 3.67. The molecular formula is C17H16N2O2S2. The van der Waals surface area contributed by atoms with Gasteiger partial charge in [0, 0.05) is 21.9 Å². The van der Waals surface area contributed by atoms with E-state index >= 15 is 0 Å². The summed E-state index contributed by atoms with van der Waals surface area (Å²) in [5, 5.41) is 11.7. The second-order valence-electron chi connectivity index (χ2n) is 5.34. The van der Waals surface area contributed by atoms with Crippen LogP contribution in [0.15, 0.2) is 34.5 Å². The van der Waals surface area contributed by atoms with E-state index in [0.29, 0.717) is 23.7 Å². The Labute approximate surface area is 143 Å². The molecule has 0 spiro atoms. The second kappa shape index (κ2) is 7.62. The average molecular weight is 344 g/mol. The maximum absolute atomic E-state index is 11.8. The van der Waals surface area contributed by atoms with Crippen molar-refractivity contribution >= 4 is 29.1 Å². The van der Waals surface area contributed by atoms with Gasteiger partial charge in [0.05, 0.1) is 23.7 Å². The van der Waals surface area contributed by atoms with Crippen molar-refractivity contribution < 1.29 is 9.53 Å². The summed E-state index contributed by atoms with van der Waals surface area (Å²) < 4.78 is 5.27. The molecule has 1 fully saturated rings. The summed E-state index contributed by atoms with van der Waals surface area (Å²) in [4.78, 5) is 17.3. The minimum Gasteiger partial charge on any atom is -0.458 e. The fourth-order valence-electron chi connectivity index (χ4n) is 2.05. The minimum absolute atomic E-state index is 0.200. The first-order chi connectivity index (χ1) is 11.2. The zero-order valence-electron chi connectivity index (χ0n) is 12.5. The normalized spacial score (nSPS) is 13.5. The van der Waals surface area contributed by atoms with Crippen molar-refractivity contribution in [3.8, 4) is 6.07 Å². The molecule has 1 aromatic carbocycles. The minimum atomic E-state index is -0.200. The number of nitriles is 1. The number of thioether (sulfide) groups is 1. The van der Waals surface area contributed by atoms with Crippen LogP contribution in [0.5, 0.6) is 0 Å². The molecular weight excluding hydrogens is 328 g/mol. The topological polar surface area (TPSA) is 63.0 Å². The van der Waals surface area contributed by atoms with Crippen LogP contribution in [0.1, 0.15) is 41.4 Å². The highest BCUT2D eigenvalue weighted by atomic mass is 32.2. The molecule has 0 aliphatic heterocycles. The number of nitrogens with zero attached hydrogens (tertiary/aromatic N) is 2. The number of thiazole rings is 1.